The molecule has 0 aliphatic carbocycles. The first-order valence-corrected chi connectivity index (χ1v) is 16.0. The Balaban J connectivity index is 1.44. The number of carbonyl (C=O) groups excluding carboxylic acids is 2. The van der Waals surface area contributed by atoms with Crippen molar-refractivity contribution in [1.82, 2.24) is 20.0 Å². The third-order valence-electron chi connectivity index (χ3n) is 8.38. The number of benzene rings is 3. The summed E-state index contributed by atoms with van der Waals surface area (Å²) in [6.45, 7) is 5.91. The van der Waals surface area contributed by atoms with Crippen molar-refractivity contribution in [2.75, 3.05) is 65.3 Å². The predicted molar refractivity (Wildman–Crippen MR) is 178 cm³/mol. The van der Waals surface area contributed by atoms with Gasteiger partial charge in [0.2, 0.25) is 0 Å². The summed E-state index contributed by atoms with van der Waals surface area (Å²) in [5.41, 5.74) is 1.34. The number of halogens is 6. The summed E-state index contributed by atoms with van der Waals surface area (Å²) in [6.07, 6.45) is -4.17. The number of hydrogen-bond donors (Lipinski definition) is 1. The van der Waals surface area contributed by atoms with Crippen LogP contribution in [0.25, 0.3) is 0 Å². The molecule has 1 fully saturated rings. The molecule has 0 unspecified atom stereocenters. The Morgan fingerprint density at radius 1 is 0.936 bits per heavy atom. The molecule has 1 aliphatic rings. The summed E-state index contributed by atoms with van der Waals surface area (Å²) in [4.78, 5) is 32.9. The van der Waals surface area contributed by atoms with Crippen LogP contribution in [0.2, 0.25) is 10.0 Å². The van der Waals surface area contributed by atoms with Gasteiger partial charge >= 0.3 is 12.2 Å². The number of para-hydroxylation sites is 1. The number of hydrogen-bond acceptors (Lipinski definition) is 4. The number of carbonyl (C=O) groups is 2. The lowest BCUT2D eigenvalue weighted by Crippen LogP contribution is -2.47. The largest absolute Gasteiger partial charge is 0.416 e. The van der Waals surface area contributed by atoms with Crippen molar-refractivity contribution in [1.29, 1.82) is 0 Å². The maximum atomic E-state index is 14.1. The summed E-state index contributed by atoms with van der Waals surface area (Å²) >= 11 is 12.5. The van der Waals surface area contributed by atoms with E-state index in [-0.39, 0.29) is 30.1 Å². The fourth-order valence-electron chi connectivity index (χ4n) is 5.72. The number of likely N-dealkylation sites (N-methyl/N-ethyl adjacent to an activating group) is 1. The quantitative estimate of drug-likeness (QED) is 0.223. The lowest BCUT2D eigenvalue weighted by Gasteiger charge is -2.38. The van der Waals surface area contributed by atoms with E-state index in [1.165, 1.54) is 16.8 Å². The minimum Gasteiger partial charge on any atom is -0.369 e. The minimum absolute atomic E-state index is 0.164. The monoisotopic (exact) mass is 695 g/mol. The minimum atomic E-state index is -4.79. The number of rotatable bonds is 10. The maximum absolute atomic E-state index is 14.1. The number of alkyl halides is 3. The van der Waals surface area contributed by atoms with Gasteiger partial charge < -0.3 is 20.0 Å². The number of piperazine rings is 1. The van der Waals surface area contributed by atoms with E-state index in [4.69, 9.17) is 23.2 Å². The van der Waals surface area contributed by atoms with E-state index in [1.54, 1.807) is 26.2 Å². The molecule has 0 aromatic heterocycles. The van der Waals surface area contributed by atoms with Crippen molar-refractivity contribution in [2.45, 2.75) is 31.5 Å². The van der Waals surface area contributed by atoms with Gasteiger partial charge in [-0.15, -0.1) is 0 Å². The molecule has 7 nitrogen and oxygen atoms in total. The van der Waals surface area contributed by atoms with Crippen molar-refractivity contribution in [3.63, 3.8) is 0 Å². The van der Waals surface area contributed by atoms with E-state index in [1.807, 2.05) is 31.2 Å². The standard InChI is InChI=1S/C34H39Cl2F4N5O2/c1-22(41-33(47)42(2)3)28-7-5-6-8-31(28)45-15-13-44(14-16-45)12-11-24(23-9-10-29(35)30(36)19-23)21-43(4)32(46)25-17-26(34(38,39)40)20-27(37)18-25/h5-10,17-20,22,24H,11-16,21H2,1-4H3,(H,41,47)/t22-,24+/m0/s1. The molecule has 1 heterocycles. The Morgan fingerprint density at radius 2 is 1.62 bits per heavy atom. The molecule has 1 N–H and O–H groups in total. The van der Waals surface area contributed by atoms with Gasteiger partial charge in [-0.3, -0.25) is 9.69 Å². The molecule has 0 saturated carbocycles. The van der Waals surface area contributed by atoms with Crippen LogP contribution in [0.1, 0.15) is 52.4 Å². The Kier molecular flexibility index (Phi) is 12.0. The summed E-state index contributed by atoms with van der Waals surface area (Å²) in [7, 11) is 4.89. The van der Waals surface area contributed by atoms with Crippen LogP contribution in [0.4, 0.5) is 28.0 Å². The molecule has 0 radical (unpaired) electrons. The van der Waals surface area contributed by atoms with Crippen molar-refractivity contribution >= 4 is 40.8 Å². The van der Waals surface area contributed by atoms with Crippen LogP contribution in [0.5, 0.6) is 0 Å². The molecule has 254 valence electrons. The van der Waals surface area contributed by atoms with Crippen LogP contribution in [0.15, 0.2) is 60.7 Å². The SMILES string of the molecule is C[C@H](NC(=O)N(C)C)c1ccccc1N1CCN(CC[C@H](CN(C)C(=O)c2cc(F)cc(C(F)(F)F)c2)c2ccc(Cl)c(Cl)c2)CC1. The maximum Gasteiger partial charge on any atom is 0.416 e. The average molecular weight is 697 g/mol. The van der Waals surface area contributed by atoms with E-state index >= 15 is 0 Å². The van der Waals surface area contributed by atoms with Crippen molar-refractivity contribution in [2.24, 2.45) is 0 Å². The molecule has 1 saturated heterocycles. The molecule has 3 amide bonds. The van der Waals surface area contributed by atoms with E-state index in [0.29, 0.717) is 35.1 Å². The lowest BCUT2D eigenvalue weighted by atomic mass is 9.94. The number of amides is 3. The zero-order chi connectivity index (χ0) is 34.5. The smallest absolute Gasteiger partial charge is 0.369 e. The second kappa shape index (κ2) is 15.6. The third-order valence-corrected chi connectivity index (χ3v) is 9.12. The highest BCUT2D eigenvalue weighted by molar-refractivity contribution is 6.42. The van der Waals surface area contributed by atoms with Gasteiger partial charge in [-0.25, -0.2) is 9.18 Å². The fourth-order valence-corrected chi connectivity index (χ4v) is 6.03. The molecule has 3 aromatic carbocycles. The van der Waals surface area contributed by atoms with E-state index in [2.05, 4.69) is 21.2 Å². The molecule has 2 atom stereocenters. The molecule has 0 spiro atoms. The second-order valence-electron chi connectivity index (χ2n) is 12.0. The van der Waals surface area contributed by atoms with Gasteiger partial charge in [0.1, 0.15) is 5.82 Å². The van der Waals surface area contributed by atoms with Gasteiger partial charge in [-0.1, -0.05) is 47.5 Å². The molecule has 4 rings (SSSR count). The molecular formula is C34H39Cl2F4N5O2. The zero-order valence-electron chi connectivity index (χ0n) is 26.8. The number of nitrogens with one attached hydrogen (secondary N) is 1. The lowest BCUT2D eigenvalue weighted by molar-refractivity contribution is -0.137. The number of anilines is 1. The van der Waals surface area contributed by atoms with Crippen molar-refractivity contribution in [3.05, 3.63) is 98.8 Å². The van der Waals surface area contributed by atoms with Crippen LogP contribution in [0, 0.1) is 5.82 Å². The van der Waals surface area contributed by atoms with Crippen LogP contribution >= 0.6 is 23.2 Å². The normalized spacial score (nSPS) is 15.2. The Bertz CT molecular complexity index is 1560. The Hall–Kier alpha value is -3.54. The van der Waals surface area contributed by atoms with Gasteiger partial charge in [0.25, 0.3) is 5.91 Å². The number of urea groups is 1. The molecular weight excluding hydrogens is 657 g/mol. The zero-order valence-corrected chi connectivity index (χ0v) is 28.3. The molecule has 3 aromatic rings. The first kappa shape index (κ1) is 36.3. The van der Waals surface area contributed by atoms with Gasteiger partial charge in [0.15, 0.2) is 0 Å². The van der Waals surface area contributed by atoms with Crippen LogP contribution in [0.3, 0.4) is 0 Å². The topological polar surface area (TPSA) is 59.1 Å². The highest BCUT2D eigenvalue weighted by Gasteiger charge is 2.32. The summed E-state index contributed by atoms with van der Waals surface area (Å²) < 4.78 is 54.0. The van der Waals surface area contributed by atoms with E-state index < -0.39 is 23.5 Å². The second-order valence-corrected chi connectivity index (χ2v) is 12.8. The first-order valence-electron chi connectivity index (χ1n) is 15.3. The molecule has 0 bridgehead atoms. The first-order chi connectivity index (χ1) is 22.1. The Morgan fingerprint density at radius 3 is 2.26 bits per heavy atom. The van der Waals surface area contributed by atoms with Gasteiger partial charge in [-0.2, -0.15) is 13.2 Å². The Labute approximate surface area is 283 Å². The van der Waals surface area contributed by atoms with Gasteiger partial charge in [-0.05, 0) is 67.4 Å². The van der Waals surface area contributed by atoms with Crippen molar-refractivity contribution in [3.8, 4) is 0 Å². The highest BCUT2D eigenvalue weighted by atomic mass is 35.5. The highest BCUT2D eigenvalue weighted by Crippen LogP contribution is 2.33. The fraction of sp³-hybridized carbons (Fsp3) is 0.412. The molecule has 13 heteroatoms. The van der Waals surface area contributed by atoms with Crippen molar-refractivity contribution < 1.29 is 27.2 Å². The van der Waals surface area contributed by atoms with E-state index in [9.17, 15) is 27.2 Å². The predicted octanol–water partition coefficient (Wildman–Crippen LogP) is 7.55. The van der Waals surface area contributed by atoms with Crippen LogP contribution in [-0.4, -0.2) is 87.0 Å². The average Bonchev–Trinajstić information content (AvgIpc) is 3.03. The third kappa shape index (κ3) is 9.52. The number of nitrogens with zero attached hydrogens (tertiary/aromatic N) is 4. The molecule has 1 aliphatic heterocycles. The van der Waals surface area contributed by atoms with E-state index in [0.717, 1.165) is 49.1 Å². The summed E-state index contributed by atoms with van der Waals surface area (Å²) in [5, 5.41) is 3.75. The van der Waals surface area contributed by atoms with Gasteiger partial charge in [0, 0.05) is 71.0 Å². The van der Waals surface area contributed by atoms with Crippen LogP contribution < -0.4 is 10.2 Å². The van der Waals surface area contributed by atoms with Gasteiger partial charge in [0.05, 0.1) is 21.7 Å². The van der Waals surface area contributed by atoms with Crippen LogP contribution in [-0.2, 0) is 6.18 Å². The summed E-state index contributed by atoms with van der Waals surface area (Å²) in [6, 6.07) is 14.8. The molecule has 47 heavy (non-hydrogen) atoms. The summed E-state index contributed by atoms with van der Waals surface area (Å²) in [5.74, 6) is -2.08.